The van der Waals surface area contributed by atoms with E-state index in [9.17, 15) is 14.4 Å². The summed E-state index contributed by atoms with van der Waals surface area (Å²) in [5.74, 6) is -1.29. The van der Waals surface area contributed by atoms with Gasteiger partial charge in [-0.2, -0.15) is 0 Å². The fourth-order valence-electron chi connectivity index (χ4n) is 3.07. The molecule has 2 heterocycles. The topological polar surface area (TPSA) is 84.9 Å². The smallest absolute Gasteiger partial charge is 0.416 e. The second-order valence-electron chi connectivity index (χ2n) is 8.54. The first-order valence-corrected chi connectivity index (χ1v) is 11.7. The first kappa shape index (κ1) is 19.9. The maximum absolute atomic E-state index is 12.6. The maximum atomic E-state index is 12.6. The van der Waals surface area contributed by atoms with Crippen LogP contribution in [-0.2, 0) is 18.8 Å². The van der Waals surface area contributed by atoms with E-state index in [0.29, 0.717) is 0 Å². The highest BCUT2D eigenvalue weighted by molar-refractivity contribution is 6.74. The molecule has 2 rings (SSSR count). The Balaban J connectivity index is 2.06. The van der Waals surface area contributed by atoms with Gasteiger partial charge in [0, 0.05) is 0 Å². The molecule has 8 heteroatoms. The molecule has 1 N–H and O–H groups in total. The van der Waals surface area contributed by atoms with Gasteiger partial charge in [-0.15, -0.1) is 0 Å². The SMILES string of the molecule is C[C@H](C(=O)N1CCOC1=O)[C@H]1NC(=O)[C@@H]1[C@@H](C)O[Si](C)(C)C(C)(C)C. The molecule has 25 heavy (non-hydrogen) atoms. The van der Waals surface area contributed by atoms with Gasteiger partial charge >= 0.3 is 6.09 Å². The van der Waals surface area contributed by atoms with E-state index in [1.165, 1.54) is 0 Å². The van der Waals surface area contributed by atoms with E-state index in [0.717, 1.165) is 4.90 Å². The number of cyclic esters (lactones) is 1. The Morgan fingerprint density at radius 3 is 2.36 bits per heavy atom. The molecule has 0 aromatic carbocycles. The highest BCUT2D eigenvalue weighted by Gasteiger charge is 2.51. The predicted molar refractivity (Wildman–Crippen MR) is 95.4 cm³/mol. The highest BCUT2D eigenvalue weighted by atomic mass is 28.4. The number of β-lactam (4-membered cyclic amide) rings is 1. The standard InChI is InChI=1S/C17H30N2O5Si/c1-10(15(21)19-8-9-23-16(19)22)13-12(14(20)18-13)11(2)24-25(6,7)17(3,4)5/h10-13H,8-9H2,1-7H3,(H,18,20)/t10-,11+,12+,13+/m0/s1. The van der Waals surface area contributed by atoms with Gasteiger partial charge in [0.05, 0.1) is 30.5 Å². The van der Waals surface area contributed by atoms with Gasteiger partial charge in [-0.05, 0) is 25.1 Å². The Labute approximate surface area is 150 Å². The third-order valence-corrected chi connectivity index (χ3v) is 10.3. The second-order valence-corrected chi connectivity index (χ2v) is 13.3. The summed E-state index contributed by atoms with van der Waals surface area (Å²) >= 11 is 0. The van der Waals surface area contributed by atoms with Gasteiger partial charge in [-0.1, -0.05) is 27.7 Å². The van der Waals surface area contributed by atoms with Crippen LogP contribution >= 0.6 is 0 Å². The molecule has 0 aromatic heterocycles. The van der Waals surface area contributed by atoms with Gasteiger partial charge in [0.1, 0.15) is 6.61 Å². The van der Waals surface area contributed by atoms with Crippen LogP contribution in [-0.4, -0.2) is 56.4 Å². The van der Waals surface area contributed by atoms with E-state index >= 15 is 0 Å². The summed E-state index contributed by atoms with van der Waals surface area (Å²) in [6.45, 7) is 14.9. The van der Waals surface area contributed by atoms with Gasteiger partial charge in [-0.3, -0.25) is 9.59 Å². The van der Waals surface area contributed by atoms with E-state index in [4.69, 9.17) is 9.16 Å². The van der Waals surface area contributed by atoms with Crippen LogP contribution in [0.1, 0.15) is 34.6 Å². The molecule has 2 saturated heterocycles. The molecule has 0 unspecified atom stereocenters. The maximum Gasteiger partial charge on any atom is 0.416 e. The van der Waals surface area contributed by atoms with Crippen molar-refractivity contribution < 1.29 is 23.5 Å². The predicted octanol–water partition coefficient (Wildman–Crippen LogP) is 2.13. The van der Waals surface area contributed by atoms with E-state index in [1.807, 2.05) is 6.92 Å². The summed E-state index contributed by atoms with van der Waals surface area (Å²) in [5, 5.41) is 2.85. The number of rotatable bonds is 5. The van der Waals surface area contributed by atoms with Crippen molar-refractivity contribution in [2.45, 2.75) is 64.9 Å². The van der Waals surface area contributed by atoms with Gasteiger partial charge in [0.2, 0.25) is 11.8 Å². The van der Waals surface area contributed by atoms with E-state index < -0.39 is 20.3 Å². The summed E-state index contributed by atoms with van der Waals surface area (Å²) in [7, 11) is -2.02. The molecule has 0 aliphatic carbocycles. The highest BCUT2D eigenvalue weighted by Crippen LogP contribution is 2.39. The van der Waals surface area contributed by atoms with Gasteiger partial charge < -0.3 is 14.5 Å². The largest absolute Gasteiger partial charge is 0.447 e. The molecule has 0 aromatic rings. The lowest BCUT2D eigenvalue weighted by Crippen LogP contribution is -2.67. The van der Waals surface area contributed by atoms with E-state index in [1.54, 1.807) is 6.92 Å². The molecule has 2 aliphatic rings. The minimum atomic E-state index is -2.02. The molecule has 142 valence electrons. The van der Waals surface area contributed by atoms with Crippen molar-refractivity contribution in [3.8, 4) is 0 Å². The number of carbonyl (C=O) groups is 3. The molecular formula is C17H30N2O5Si. The molecule has 0 spiro atoms. The number of amides is 3. The van der Waals surface area contributed by atoms with Crippen molar-refractivity contribution in [2.75, 3.05) is 13.2 Å². The number of imide groups is 1. The number of ether oxygens (including phenoxy) is 1. The summed E-state index contributed by atoms with van der Waals surface area (Å²) in [5.41, 5.74) is 0. The van der Waals surface area contributed by atoms with Crippen molar-refractivity contribution in [1.29, 1.82) is 0 Å². The van der Waals surface area contributed by atoms with E-state index in [2.05, 4.69) is 39.2 Å². The van der Waals surface area contributed by atoms with Crippen molar-refractivity contribution >= 4 is 26.2 Å². The Kier molecular flexibility index (Phi) is 5.35. The lowest BCUT2D eigenvalue weighted by atomic mass is 9.78. The summed E-state index contributed by atoms with van der Waals surface area (Å²) in [6, 6.07) is -0.326. The van der Waals surface area contributed by atoms with E-state index in [-0.39, 0.29) is 48.1 Å². The fourth-order valence-corrected chi connectivity index (χ4v) is 4.50. The molecule has 2 fully saturated rings. The zero-order valence-electron chi connectivity index (χ0n) is 16.2. The molecule has 0 saturated carbocycles. The Morgan fingerprint density at radius 2 is 1.92 bits per heavy atom. The summed E-state index contributed by atoms with van der Waals surface area (Å²) in [4.78, 5) is 37.4. The number of hydrogen-bond donors (Lipinski definition) is 1. The van der Waals surface area contributed by atoms with Crippen LogP contribution in [0.4, 0.5) is 4.79 Å². The van der Waals surface area contributed by atoms with Crippen LogP contribution in [0.2, 0.25) is 18.1 Å². The number of hydrogen-bond acceptors (Lipinski definition) is 5. The van der Waals surface area contributed by atoms with Gasteiger partial charge in [0.25, 0.3) is 0 Å². The Morgan fingerprint density at radius 1 is 1.32 bits per heavy atom. The van der Waals surface area contributed by atoms with Crippen LogP contribution < -0.4 is 5.32 Å². The third kappa shape index (κ3) is 3.74. The lowest BCUT2D eigenvalue weighted by Gasteiger charge is -2.47. The fraction of sp³-hybridized carbons (Fsp3) is 0.824. The summed E-state index contributed by atoms with van der Waals surface area (Å²) < 4.78 is 11.2. The van der Waals surface area contributed by atoms with Crippen molar-refractivity contribution in [3.63, 3.8) is 0 Å². The summed E-state index contributed by atoms with van der Waals surface area (Å²) in [6.07, 6.45) is -0.884. The Hall–Kier alpha value is -1.41. The molecule has 0 radical (unpaired) electrons. The normalized spacial score (nSPS) is 26.6. The average Bonchev–Trinajstić information content (AvgIpc) is 2.87. The minimum Gasteiger partial charge on any atom is -0.447 e. The Bertz CT molecular complexity index is 572. The van der Waals surface area contributed by atoms with Crippen molar-refractivity contribution in [3.05, 3.63) is 0 Å². The van der Waals surface area contributed by atoms with Crippen LogP contribution in [0.15, 0.2) is 0 Å². The molecule has 2 aliphatic heterocycles. The van der Waals surface area contributed by atoms with Crippen LogP contribution in [0, 0.1) is 11.8 Å². The van der Waals surface area contributed by atoms with Gasteiger partial charge in [-0.25, -0.2) is 9.69 Å². The van der Waals surface area contributed by atoms with Gasteiger partial charge in [0.15, 0.2) is 8.32 Å². The van der Waals surface area contributed by atoms with Crippen molar-refractivity contribution in [1.82, 2.24) is 10.2 Å². The van der Waals surface area contributed by atoms with Crippen molar-refractivity contribution in [2.24, 2.45) is 11.8 Å². The van der Waals surface area contributed by atoms with Crippen LogP contribution in [0.25, 0.3) is 0 Å². The molecule has 7 nitrogen and oxygen atoms in total. The minimum absolute atomic E-state index is 0.0394. The molecule has 4 atom stereocenters. The zero-order chi connectivity index (χ0) is 19.2. The quantitative estimate of drug-likeness (QED) is 0.592. The zero-order valence-corrected chi connectivity index (χ0v) is 17.2. The third-order valence-electron chi connectivity index (χ3n) is 5.75. The van der Waals surface area contributed by atoms with Crippen LogP contribution in [0.5, 0.6) is 0 Å². The number of nitrogens with one attached hydrogen (secondary N) is 1. The monoisotopic (exact) mass is 370 g/mol. The lowest BCUT2D eigenvalue weighted by molar-refractivity contribution is -0.146. The van der Waals surface area contributed by atoms with Crippen LogP contribution in [0.3, 0.4) is 0 Å². The molecule has 3 amide bonds. The average molecular weight is 371 g/mol. The number of carbonyl (C=O) groups excluding carboxylic acids is 3. The number of nitrogens with zero attached hydrogens (tertiary/aromatic N) is 1. The second kappa shape index (κ2) is 6.72. The first-order valence-electron chi connectivity index (χ1n) is 8.83. The first-order chi connectivity index (χ1) is 11.4. The molecule has 0 bridgehead atoms. The molecular weight excluding hydrogens is 340 g/mol.